The second kappa shape index (κ2) is 9.03. The van der Waals surface area contributed by atoms with Gasteiger partial charge in [0, 0.05) is 31.4 Å². The van der Waals surface area contributed by atoms with Gasteiger partial charge in [-0.3, -0.25) is 19.8 Å². The number of ether oxygens (including phenoxy) is 1. The zero-order valence-corrected chi connectivity index (χ0v) is 15.7. The Morgan fingerprint density at radius 3 is 2.50 bits per heavy atom. The topological polar surface area (TPSA) is 72.7 Å². The normalized spacial score (nSPS) is 18.6. The standard InChI is InChI=1S/C21H23FN2O4/c1-28-20(15-7-11-18(12-8-15)24(26)27)14-23-13-3-2-4-19(23)21(25)16-5-9-17(22)10-6-16/h5-12,19-20H,2-4,13-14H2,1H3. The third-order valence-electron chi connectivity index (χ3n) is 5.21. The number of non-ortho nitro benzene ring substituents is 1. The minimum absolute atomic E-state index is 0.0155. The van der Waals surface area contributed by atoms with E-state index in [0.29, 0.717) is 12.1 Å². The molecule has 0 N–H and O–H groups in total. The van der Waals surface area contributed by atoms with Gasteiger partial charge in [0.2, 0.25) is 0 Å². The van der Waals surface area contributed by atoms with Crippen molar-refractivity contribution in [1.29, 1.82) is 0 Å². The van der Waals surface area contributed by atoms with Gasteiger partial charge in [0.15, 0.2) is 5.78 Å². The summed E-state index contributed by atoms with van der Waals surface area (Å²) in [7, 11) is 1.59. The Morgan fingerprint density at radius 2 is 1.89 bits per heavy atom. The summed E-state index contributed by atoms with van der Waals surface area (Å²) in [5, 5.41) is 10.8. The number of carbonyl (C=O) groups excluding carboxylic acids is 1. The Bertz CT molecular complexity index is 823. The highest BCUT2D eigenvalue weighted by Crippen LogP contribution is 2.27. The van der Waals surface area contributed by atoms with Crippen molar-refractivity contribution < 1.29 is 18.8 Å². The largest absolute Gasteiger partial charge is 0.375 e. The summed E-state index contributed by atoms with van der Waals surface area (Å²) in [4.78, 5) is 25.5. The van der Waals surface area contributed by atoms with Gasteiger partial charge in [0.05, 0.1) is 17.1 Å². The van der Waals surface area contributed by atoms with Crippen LogP contribution in [-0.4, -0.2) is 41.8 Å². The Kier molecular flexibility index (Phi) is 6.49. The number of benzene rings is 2. The average Bonchev–Trinajstić information content (AvgIpc) is 2.72. The molecule has 6 nitrogen and oxygen atoms in total. The van der Waals surface area contributed by atoms with Crippen LogP contribution < -0.4 is 0 Å². The van der Waals surface area contributed by atoms with Crippen LogP contribution in [0.2, 0.25) is 0 Å². The summed E-state index contributed by atoms with van der Waals surface area (Å²) >= 11 is 0. The zero-order chi connectivity index (χ0) is 20.1. The van der Waals surface area contributed by atoms with Crippen molar-refractivity contribution in [3.05, 3.63) is 75.6 Å². The van der Waals surface area contributed by atoms with E-state index in [4.69, 9.17) is 4.74 Å². The van der Waals surface area contributed by atoms with E-state index in [1.165, 1.54) is 36.4 Å². The molecule has 3 rings (SSSR count). The van der Waals surface area contributed by atoms with Crippen LogP contribution in [0.25, 0.3) is 0 Å². The lowest BCUT2D eigenvalue weighted by Gasteiger charge is -2.36. The first-order valence-corrected chi connectivity index (χ1v) is 9.30. The molecular formula is C21H23FN2O4. The van der Waals surface area contributed by atoms with Crippen LogP contribution in [-0.2, 0) is 4.74 Å². The first-order chi connectivity index (χ1) is 13.5. The number of hydrogen-bond acceptors (Lipinski definition) is 5. The maximum absolute atomic E-state index is 13.2. The number of rotatable bonds is 7. The summed E-state index contributed by atoms with van der Waals surface area (Å²) in [5.74, 6) is -0.382. The minimum Gasteiger partial charge on any atom is -0.375 e. The van der Waals surface area contributed by atoms with Gasteiger partial charge in [-0.2, -0.15) is 0 Å². The second-order valence-electron chi connectivity index (χ2n) is 6.95. The van der Waals surface area contributed by atoms with Gasteiger partial charge in [-0.1, -0.05) is 6.42 Å². The minimum atomic E-state index is -0.437. The van der Waals surface area contributed by atoms with Gasteiger partial charge in [-0.15, -0.1) is 0 Å². The fourth-order valence-electron chi connectivity index (χ4n) is 3.65. The van der Waals surface area contributed by atoms with Crippen LogP contribution in [0.3, 0.4) is 0 Å². The fourth-order valence-corrected chi connectivity index (χ4v) is 3.65. The number of methoxy groups -OCH3 is 1. The van der Waals surface area contributed by atoms with Crippen molar-refractivity contribution >= 4 is 11.5 Å². The smallest absolute Gasteiger partial charge is 0.269 e. The highest BCUT2D eigenvalue weighted by Gasteiger charge is 2.31. The van der Waals surface area contributed by atoms with Gasteiger partial charge in [0.1, 0.15) is 5.82 Å². The van der Waals surface area contributed by atoms with E-state index in [0.717, 1.165) is 31.4 Å². The molecule has 28 heavy (non-hydrogen) atoms. The van der Waals surface area contributed by atoms with E-state index in [9.17, 15) is 19.3 Å². The molecule has 2 aromatic rings. The number of nitrogens with zero attached hydrogens (tertiary/aromatic N) is 2. The molecule has 148 valence electrons. The lowest BCUT2D eigenvalue weighted by atomic mass is 9.93. The molecular weight excluding hydrogens is 363 g/mol. The molecule has 1 heterocycles. The molecule has 0 amide bonds. The summed E-state index contributed by atoms with van der Waals surface area (Å²) < 4.78 is 18.8. The number of piperidine rings is 1. The molecule has 2 unspecified atom stereocenters. The molecule has 0 aliphatic carbocycles. The maximum Gasteiger partial charge on any atom is 0.269 e. The average molecular weight is 386 g/mol. The molecule has 0 bridgehead atoms. The molecule has 0 spiro atoms. The first-order valence-electron chi connectivity index (χ1n) is 9.30. The lowest BCUT2D eigenvalue weighted by molar-refractivity contribution is -0.384. The second-order valence-corrected chi connectivity index (χ2v) is 6.95. The van der Waals surface area contributed by atoms with Crippen molar-refractivity contribution in [2.75, 3.05) is 20.2 Å². The predicted octanol–water partition coefficient (Wildman–Crippen LogP) is 4.16. The van der Waals surface area contributed by atoms with Crippen LogP contribution in [0.1, 0.15) is 41.3 Å². The van der Waals surface area contributed by atoms with E-state index in [1.54, 1.807) is 19.2 Å². The van der Waals surface area contributed by atoms with Crippen molar-refractivity contribution in [2.24, 2.45) is 0 Å². The Balaban J connectivity index is 1.76. The number of halogens is 1. The molecule has 1 fully saturated rings. The third-order valence-corrected chi connectivity index (χ3v) is 5.21. The van der Waals surface area contributed by atoms with Crippen molar-refractivity contribution in [2.45, 2.75) is 31.4 Å². The van der Waals surface area contributed by atoms with E-state index < -0.39 is 4.92 Å². The fraction of sp³-hybridized carbons (Fsp3) is 0.381. The SMILES string of the molecule is COC(CN1CCCCC1C(=O)c1ccc(F)cc1)c1ccc([N+](=O)[O-])cc1. The van der Waals surface area contributed by atoms with Crippen LogP contribution >= 0.6 is 0 Å². The molecule has 1 aliphatic rings. The van der Waals surface area contributed by atoms with E-state index in [2.05, 4.69) is 4.90 Å². The first kappa shape index (κ1) is 20.1. The van der Waals surface area contributed by atoms with Crippen LogP contribution in [0.5, 0.6) is 0 Å². The summed E-state index contributed by atoms with van der Waals surface area (Å²) in [6.07, 6.45) is 2.39. The maximum atomic E-state index is 13.2. The number of carbonyl (C=O) groups is 1. The van der Waals surface area contributed by atoms with Crippen LogP contribution in [0.4, 0.5) is 10.1 Å². The summed E-state index contributed by atoms with van der Waals surface area (Å²) in [6.45, 7) is 1.27. The quantitative estimate of drug-likeness (QED) is 0.406. The van der Waals surface area contributed by atoms with Crippen molar-refractivity contribution in [3.8, 4) is 0 Å². The summed E-state index contributed by atoms with van der Waals surface area (Å²) in [5.41, 5.74) is 1.36. The third kappa shape index (κ3) is 4.61. The predicted molar refractivity (Wildman–Crippen MR) is 103 cm³/mol. The number of ketones is 1. The van der Waals surface area contributed by atoms with Gasteiger partial charge < -0.3 is 4.74 Å². The van der Waals surface area contributed by atoms with Gasteiger partial charge in [0.25, 0.3) is 5.69 Å². The molecule has 7 heteroatoms. The molecule has 1 aliphatic heterocycles. The van der Waals surface area contributed by atoms with E-state index >= 15 is 0 Å². The molecule has 0 aromatic heterocycles. The molecule has 2 aromatic carbocycles. The van der Waals surface area contributed by atoms with E-state index in [-0.39, 0.29) is 29.4 Å². The molecule has 0 radical (unpaired) electrons. The highest BCUT2D eigenvalue weighted by molar-refractivity contribution is 6.00. The van der Waals surface area contributed by atoms with Crippen molar-refractivity contribution in [3.63, 3.8) is 0 Å². The Labute approximate surface area is 163 Å². The van der Waals surface area contributed by atoms with Crippen LogP contribution in [0, 0.1) is 15.9 Å². The molecule has 0 saturated carbocycles. The van der Waals surface area contributed by atoms with Gasteiger partial charge in [-0.05, 0) is 61.3 Å². The van der Waals surface area contributed by atoms with Gasteiger partial charge in [-0.25, -0.2) is 4.39 Å². The Morgan fingerprint density at radius 1 is 1.21 bits per heavy atom. The highest BCUT2D eigenvalue weighted by atomic mass is 19.1. The molecule has 2 atom stereocenters. The van der Waals surface area contributed by atoms with Gasteiger partial charge >= 0.3 is 0 Å². The number of Topliss-reactive ketones (excluding diaryl/α,β-unsaturated/α-hetero) is 1. The Hall–Kier alpha value is -2.64. The van der Waals surface area contributed by atoms with E-state index in [1.807, 2.05) is 0 Å². The zero-order valence-electron chi connectivity index (χ0n) is 15.7. The van der Waals surface area contributed by atoms with Crippen LogP contribution in [0.15, 0.2) is 48.5 Å². The summed E-state index contributed by atoms with van der Waals surface area (Å²) in [6, 6.07) is 11.7. The number of nitro benzene ring substituents is 1. The monoisotopic (exact) mass is 386 g/mol. The number of likely N-dealkylation sites (tertiary alicyclic amines) is 1. The molecule has 1 saturated heterocycles. The number of hydrogen-bond donors (Lipinski definition) is 0. The number of nitro groups is 1. The lowest BCUT2D eigenvalue weighted by Crippen LogP contribution is -2.46. The van der Waals surface area contributed by atoms with Crippen molar-refractivity contribution in [1.82, 2.24) is 4.90 Å².